The Morgan fingerprint density at radius 3 is 2.60 bits per heavy atom. The highest BCUT2D eigenvalue weighted by molar-refractivity contribution is 9.13. The van der Waals surface area contributed by atoms with Crippen LogP contribution in [0, 0.1) is 0 Å². The van der Waals surface area contributed by atoms with Crippen LogP contribution in [0.3, 0.4) is 0 Å². The summed E-state index contributed by atoms with van der Waals surface area (Å²) in [7, 11) is 0. The van der Waals surface area contributed by atoms with Crippen LogP contribution in [0.15, 0.2) is 19.9 Å². The topological polar surface area (TPSA) is 34.9 Å². The third-order valence-electron chi connectivity index (χ3n) is 2.82. The quantitative estimate of drug-likeness (QED) is 0.789. The molecule has 1 saturated carbocycles. The van der Waals surface area contributed by atoms with Gasteiger partial charge in [0.2, 0.25) is 0 Å². The lowest BCUT2D eigenvalue weighted by Gasteiger charge is -2.22. The number of hydrogen-bond acceptors (Lipinski definition) is 2. The number of halogens is 2. The van der Waals surface area contributed by atoms with E-state index in [1.54, 1.807) is 10.9 Å². The van der Waals surface area contributed by atoms with Gasteiger partial charge in [-0.2, -0.15) is 5.10 Å². The van der Waals surface area contributed by atoms with Crippen LogP contribution in [-0.4, -0.2) is 9.78 Å². The van der Waals surface area contributed by atoms with Gasteiger partial charge in [-0.25, -0.2) is 4.68 Å². The fourth-order valence-electron chi connectivity index (χ4n) is 2.01. The molecular formula is C10H12Br2N2O. The van der Waals surface area contributed by atoms with Crippen LogP contribution in [0.4, 0.5) is 0 Å². The van der Waals surface area contributed by atoms with Crippen LogP contribution in [-0.2, 0) is 0 Å². The largest absolute Gasteiger partial charge is 0.282 e. The van der Waals surface area contributed by atoms with Gasteiger partial charge in [0.25, 0.3) is 5.56 Å². The normalized spacial score (nSPS) is 18.0. The molecule has 0 unspecified atom stereocenters. The number of nitrogens with zero attached hydrogens (tertiary/aromatic N) is 2. The van der Waals surface area contributed by atoms with Crippen molar-refractivity contribution in [1.29, 1.82) is 0 Å². The van der Waals surface area contributed by atoms with Gasteiger partial charge in [0.15, 0.2) is 0 Å². The summed E-state index contributed by atoms with van der Waals surface area (Å²) in [5.74, 6) is 0. The zero-order valence-electron chi connectivity index (χ0n) is 8.25. The lowest BCUT2D eigenvalue weighted by atomic mass is 9.96. The molecule has 1 aromatic heterocycles. The van der Waals surface area contributed by atoms with Crippen molar-refractivity contribution in [2.75, 3.05) is 0 Å². The van der Waals surface area contributed by atoms with Crippen LogP contribution in [0.25, 0.3) is 0 Å². The molecule has 1 aliphatic carbocycles. The molecule has 0 radical (unpaired) electrons. The molecule has 0 atom stereocenters. The van der Waals surface area contributed by atoms with E-state index in [1.807, 2.05) is 0 Å². The average Bonchev–Trinajstić information content (AvgIpc) is 2.27. The van der Waals surface area contributed by atoms with Gasteiger partial charge in [-0.05, 0) is 44.7 Å². The Labute approximate surface area is 105 Å². The van der Waals surface area contributed by atoms with Gasteiger partial charge in [0.05, 0.1) is 16.7 Å². The van der Waals surface area contributed by atoms with Crippen molar-refractivity contribution >= 4 is 31.9 Å². The van der Waals surface area contributed by atoms with Crippen molar-refractivity contribution in [1.82, 2.24) is 9.78 Å². The summed E-state index contributed by atoms with van der Waals surface area (Å²) in [6.45, 7) is 0. The fourth-order valence-corrected chi connectivity index (χ4v) is 2.56. The Morgan fingerprint density at radius 2 is 1.93 bits per heavy atom. The molecule has 0 N–H and O–H groups in total. The molecule has 15 heavy (non-hydrogen) atoms. The van der Waals surface area contributed by atoms with Crippen LogP contribution in [0.5, 0.6) is 0 Å². The predicted molar refractivity (Wildman–Crippen MR) is 66.0 cm³/mol. The van der Waals surface area contributed by atoms with Crippen molar-refractivity contribution < 1.29 is 0 Å². The molecule has 0 bridgehead atoms. The van der Waals surface area contributed by atoms with Gasteiger partial charge in [-0.1, -0.05) is 19.3 Å². The second-order valence-corrected chi connectivity index (χ2v) is 5.50. The number of hydrogen-bond donors (Lipinski definition) is 0. The molecule has 1 heterocycles. The maximum atomic E-state index is 11.9. The number of rotatable bonds is 1. The van der Waals surface area contributed by atoms with Crippen LogP contribution >= 0.6 is 31.9 Å². The van der Waals surface area contributed by atoms with E-state index in [4.69, 9.17) is 0 Å². The summed E-state index contributed by atoms with van der Waals surface area (Å²) in [6.07, 6.45) is 7.50. The molecular weight excluding hydrogens is 324 g/mol. The zero-order valence-corrected chi connectivity index (χ0v) is 11.4. The molecule has 0 spiro atoms. The van der Waals surface area contributed by atoms with Crippen LogP contribution in [0.2, 0.25) is 0 Å². The van der Waals surface area contributed by atoms with Crippen LogP contribution < -0.4 is 5.56 Å². The van der Waals surface area contributed by atoms with E-state index in [1.165, 1.54) is 19.3 Å². The Balaban J connectivity index is 2.35. The van der Waals surface area contributed by atoms with Gasteiger partial charge < -0.3 is 0 Å². The predicted octanol–water partition coefficient (Wildman–Crippen LogP) is 3.27. The van der Waals surface area contributed by atoms with Gasteiger partial charge >= 0.3 is 0 Å². The van der Waals surface area contributed by atoms with E-state index in [0.717, 1.165) is 17.3 Å². The van der Waals surface area contributed by atoms with E-state index in [0.29, 0.717) is 4.47 Å². The van der Waals surface area contributed by atoms with E-state index >= 15 is 0 Å². The summed E-state index contributed by atoms with van der Waals surface area (Å²) >= 11 is 6.56. The second-order valence-electron chi connectivity index (χ2n) is 3.85. The highest BCUT2D eigenvalue weighted by Crippen LogP contribution is 2.27. The van der Waals surface area contributed by atoms with Gasteiger partial charge in [0, 0.05) is 0 Å². The van der Waals surface area contributed by atoms with Gasteiger partial charge in [-0.3, -0.25) is 4.79 Å². The molecule has 1 aliphatic rings. The Kier molecular flexibility index (Phi) is 3.61. The summed E-state index contributed by atoms with van der Waals surface area (Å²) in [4.78, 5) is 11.9. The first-order valence-electron chi connectivity index (χ1n) is 5.13. The first-order valence-corrected chi connectivity index (χ1v) is 6.71. The first-order chi connectivity index (χ1) is 7.20. The Hall–Kier alpha value is -0.160. The van der Waals surface area contributed by atoms with Gasteiger partial charge in [0.1, 0.15) is 4.47 Å². The van der Waals surface area contributed by atoms with Crippen molar-refractivity contribution in [3.8, 4) is 0 Å². The molecule has 0 aromatic carbocycles. The third-order valence-corrected chi connectivity index (χ3v) is 4.72. The molecule has 0 aliphatic heterocycles. The van der Waals surface area contributed by atoms with E-state index < -0.39 is 0 Å². The molecule has 82 valence electrons. The highest BCUT2D eigenvalue weighted by atomic mass is 79.9. The Bertz CT molecular complexity index is 410. The monoisotopic (exact) mass is 334 g/mol. The minimum absolute atomic E-state index is 0.0312. The van der Waals surface area contributed by atoms with E-state index in [-0.39, 0.29) is 11.6 Å². The maximum absolute atomic E-state index is 11.9. The van der Waals surface area contributed by atoms with Crippen molar-refractivity contribution in [3.05, 3.63) is 25.5 Å². The van der Waals surface area contributed by atoms with E-state index in [2.05, 4.69) is 37.0 Å². The average molecular weight is 336 g/mol. The molecule has 3 nitrogen and oxygen atoms in total. The molecule has 2 rings (SSSR count). The highest BCUT2D eigenvalue weighted by Gasteiger charge is 2.18. The molecule has 5 heteroatoms. The first kappa shape index (κ1) is 11.3. The summed E-state index contributed by atoms with van der Waals surface area (Å²) in [5.41, 5.74) is -0.0312. The maximum Gasteiger partial charge on any atom is 0.282 e. The van der Waals surface area contributed by atoms with Gasteiger partial charge in [-0.15, -0.1) is 0 Å². The minimum atomic E-state index is -0.0312. The molecule has 0 amide bonds. The lowest BCUT2D eigenvalue weighted by molar-refractivity contribution is 0.317. The Morgan fingerprint density at radius 1 is 1.27 bits per heavy atom. The molecule has 0 saturated heterocycles. The zero-order chi connectivity index (χ0) is 10.8. The van der Waals surface area contributed by atoms with E-state index in [9.17, 15) is 4.79 Å². The fraction of sp³-hybridized carbons (Fsp3) is 0.600. The third kappa shape index (κ3) is 2.33. The van der Waals surface area contributed by atoms with Crippen molar-refractivity contribution in [2.24, 2.45) is 0 Å². The van der Waals surface area contributed by atoms with Crippen molar-refractivity contribution in [3.63, 3.8) is 0 Å². The standard InChI is InChI=1S/C10H12Br2N2O/c11-8-6-13-14(10(15)9(8)12)7-4-2-1-3-5-7/h6-7H,1-5H2. The van der Waals surface area contributed by atoms with Crippen LogP contribution in [0.1, 0.15) is 38.1 Å². The molecule has 1 fully saturated rings. The smallest absolute Gasteiger partial charge is 0.266 e. The second kappa shape index (κ2) is 4.78. The summed E-state index contributed by atoms with van der Waals surface area (Å²) in [6, 6.07) is 0.288. The minimum Gasteiger partial charge on any atom is -0.266 e. The summed E-state index contributed by atoms with van der Waals surface area (Å²) in [5, 5.41) is 4.19. The SMILES string of the molecule is O=c1c(Br)c(Br)cnn1C1CCCCC1. The molecule has 1 aromatic rings. The lowest BCUT2D eigenvalue weighted by Crippen LogP contribution is -2.29. The summed E-state index contributed by atoms with van der Waals surface area (Å²) < 4.78 is 2.91. The van der Waals surface area contributed by atoms with Crippen molar-refractivity contribution in [2.45, 2.75) is 38.1 Å². The number of aromatic nitrogens is 2.